The molecule has 1 aromatic heterocycles. The second kappa shape index (κ2) is 7.39. The zero-order valence-corrected chi connectivity index (χ0v) is 16.6. The predicted octanol–water partition coefficient (Wildman–Crippen LogP) is 3.07. The van der Waals surface area contributed by atoms with E-state index in [1.807, 2.05) is 0 Å². The lowest BCUT2D eigenvalue weighted by Gasteiger charge is -2.38. The smallest absolute Gasteiger partial charge is 0.271 e. The summed E-state index contributed by atoms with van der Waals surface area (Å²) in [6.45, 7) is 3.22. The molecule has 29 heavy (non-hydrogen) atoms. The molecule has 0 unspecified atom stereocenters. The number of furan rings is 1. The molecule has 0 bridgehead atoms. The van der Waals surface area contributed by atoms with Gasteiger partial charge in [-0.3, -0.25) is 19.3 Å². The Morgan fingerprint density at radius 2 is 1.97 bits per heavy atom. The molecular weight excluding hydrogens is 372 g/mol. The molecule has 2 heterocycles. The first-order valence-electron chi connectivity index (χ1n) is 9.88. The van der Waals surface area contributed by atoms with E-state index in [0.29, 0.717) is 17.0 Å². The maximum atomic E-state index is 13.0. The SMILES string of the molecule is CC1(C)Oc2ccc(C(=O)c3ccco3)cc2N(CC(=O)NC2CCCC2)C1=O. The number of carbonyl (C=O) groups is 3. The third-order valence-corrected chi connectivity index (χ3v) is 5.40. The van der Waals surface area contributed by atoms with Crippen molar-refractivity contribution in [3.8, 4) is 5.75 Å². The number of carbonyl (C=O) groups excluding carboxylic acids is 3. The fraction of sp³-hybridized carbons (Fsp3) is 0.409. The summed E-state index contributed by atoms with van der Waals surface area (Å²) in [5, 5.41) is 3.01. The largest absolute Gasteiger partial charge is 0.476 e. The van der Waals surface area contributed by atoms with Crippen molar-refractivity contribution in [2.75, 3.05) is 11.4 Å². The summed E-state index contributed by atoms with van der Waals surface area (Å²) in [6, 6.07) is 8.25. The molecule has 4 rings (SSSR count). The highest BCUT2D eigenvalue weighted by Crippen LogP contribution is 2.38. The Morgan fingerprint density at radius 1 is 1.21 bits per heavy atom. The normalized spacial score (nSPS) is 18.3. The topological polar surface area (TPSA) is 88.8 Å². The Balaban J connectivity index is 1.63. The van der Waals surface area contributed by atoms with Crippen molar-refractivity contribution >= 4 is 23.3 Å². The van der Waals surface area contributed by atoms with Crippen molar-refractivity contribution < 1.29 is 23.5 Å². The fourth-order valence-corrected chi connectivity index (χ4v) is 3.90. The molecule has 152 valence electrons. The van der Waals surface area contributed by atoms with Crippen LogP contribution >= 0.6 is 0 Å². The summed E-state index contributed by atoms with van der Waals surface area (Å²) in [4.78, 5) is 39.7. The van der Waals surface area contributed by atoms with Gasteiger partial charge in [0.15, 0.2) is 11.4 Å². The van der Waals surface area contributed by atoms with Gasteiger partial charge in [-0.05, 0) is 57.0 Å². The highest BCUT2D eigenvalue weighted by molar-refractivity contribution is 6.10. The minimum Gasteiger partial charge on any atom is -0.476 e. The highest BCUT2D eigenvalue weighted by Gasteiger charge is 2.42. The van der Waals surface area contributed by atoms with E-state index in [0.717, 1.165) is 25.7 Å². The van der Waals surface area contributed by atoms with Gasteiger partial charge in [0.05, 0.1) is 12.0 Å². The third-order valence-electron chi connectivity index (χ3n) is 5.40. The van der Waals surface area contributed by atoms with Gasteiger partial charge in [0, 0.05) is 11.6 Å². The van der Waals surface area contributed by atoms with Crippen LogP contribution in [0.1, 0.15) is 55.6 Å². The number of rotatable bonds is 5. The Bertz CT molecular complexity index is 942. The quantitative estimate of drug-likeness (QED) is 0.785. The molecule has 2 amide bonds. The number of nitrogens with one attached hydrogen (secondary N) is 1. The molecule has 1 aliphatic heterocycles. The first-order valence-corrected chi connectivity index (χ1v) is 9.88. The maximum Gasteiger partial charge on any atom is 0.271 e. The highest BCUT2D eigenvalue weighted by atomic mass is 16.5. The summed E-state index contributed by atoms with van der Waals surface area (Å²) in [6.07, 6.45) is 5.57. The van der Waals surface area contributed by atoms with Gasteiger partial charge in [-0.2, -0.15) is 0 Å². The summed E-state index contributed by atoms with van der Waals surface area (Å²) < 4.78 is 11.0. The van der Waals surface area contributed by atoms with Crippen LogP contribution in [0.5, 0.6) is 5.75 Å². The Labute approximate surface area is 169 Å². The molecule has 1 aromatic carbocycles. The molecule has 1 N–H and O–H groups in total. The average molecular weight is 396 g/mol. The van der Waals surface area contributed by atoms with E-state index >= 15 is 0 Å². The van der Waals surface area contributed by atoms with Crippen molar-refractivity contribution in [2.45, 2.75) is 51.2 Å². The van der Waals surface area contributed by atoms with Crippen LogP contribution in [0.4, 0.5) is 5.69 Å². The van der Waals surface area contributed by atoms with Crippen LogP contribution in [-0.4, -0.2) is 35.8 Å². The van der Waals surface area contributed by atoms with E-state index in [-0.39, 0.29) is 35.9 Å². The van der Waals surface area contributed by atoms with Crippen molar-refractivity contribution in [3.05, 3.63) is 47.9 Å². The first-order chi connectivity index (χ1) is 13.8. The van der Waals surface area contributed by atoms with Crippen molar-refractivity contribution in [1.82, 2.24) is 5.32 Å². The molecule has 2 aliphatic rings. The van der Waals surface area contributed by atoms with Gasteiger partial charge in [-0.25, -0.2) is 0 Å². The number of amides is 2. The number of nitrogens with zero attached hydrogens (tertiary/aromatic N) is 1. The Morgan fingerprint density at radius 3 is 2.66 bits per heavy atom. The number of benzene rings is 1. The first kappa shape index (κ1) is 19.2. The minimum atomic E-state index is -1.10. The van der Waals surface area contributed by atoms with Crippen LogP contribution in [0.2, 0.25) is 0 Å². The Kier molecular flexibility index (Phi) is 4.90. The number of hydrogen-bond acceptors (Lipinski definition) is 5. The molecule has 1 aliphatic carbocycles. The maximum absolute atomic E-state index is 13.0. The summed E-state index contributed by atoms with van der Waals surface area (Å²) >= 11 is 0. The van der Waals surface area contributed by atoms with Gasteiger partial charge >= 0.3 is 0 Å². The van der Waals surface area contributed by atoms with E-state index < -0.39 is 5.60 Å². The van der Waals surface area contributed by atoms with Gasteiger partial charge in [-0.15, -0.1) is 0 Å². The molecule has 2 aromatic rings. The molecule has 0 saturated heterocycles. The van der Waals surface area contributed by atoms with Crippen LogP contribution in [0.15, 0.2) is 41.0 Å². The summed E-state index contributed by atoms with van der Waals surface area (Å²) in [5.74, 6) is -0.172. The standard InChI is InChI=1S/C22H24N2O5/c1-22(2)21(27)24(13-19(25)23-15-6-3-4-7-15)16-12-14(9-10-17(16)29-22)20(26)18-8-5-11-28-18/h5,8-12,15H,3-4,6-7,13H2,1-2H3,(H,23,25). The van der Waals surface area contributed by atoms with E-state index in [4.69, 9.17) is 9.15 Å². The van der Waals surface area contributed by atoms with Crippen molar-refractivity contribution in [2.24, 2.45) is 0 Å². The predicted molar refractivity (Wildman–Crippen MR) is 106 cm³/mol. The Hall–Kier alpha value is -3.09. The van der Waals surface area contributed by atoms with Crippen molar-refractivity contribution in [3.63, 3.8) is 0 Å². The minimum absolute atomic E-state index is 0.118. The second-order valence-electron chi connectivity index (χ2n) is 8.04. The van der Waals surface area contributed by atoms with Gasteiger partial charge in [0.2, 0.25) is 11.7 Å². The number of anilines is 1. The molecule has 1 saturated carbocycles. The lowest BCUT2D eigenvalue weighted by Crippen LogP contribution is -2.55. The van der Waals surface area contributed by atoms with Crippen LogP contribution in [0, 0.1) is 0 Å². The molecule has 0 radical (unpaired) electrons. The van der Waals surface area contributed by atoms with E-state index in [9.17, 15) is 14.4 Å². The van der Waals surface area contributed by atoms with E-state index in [1.165, 1.54) is 11.2 Å². The molecule has 0 spiro atoms. The monoisotopic (exact) mass is 396 g/mol. The van der Waals surface area contributed by atoms with Crippen LogP contribution in [0.3, 0.4) is 0 Å². The third kappa shape index (κ3) is 3.77. The molecular formula is C22H24N2O5. The van der Waals surface area contributed by atoms with Gasteiger partial charge in [0.1, 0.15) is 12.3 Å². The van der Waals surface area contributed by atoms with Crippen molar-refractivity contribution in [1.29, 1.82) is 0 Å². The number of hydrogen-bond donors (Lipinski definition) is 1. The average Bonchev–Trinajstić information content (AvgIpc) is 3.38. The lowest BCUT2D eigenvalue weighted by atomic mass is 10.0. The second-order valence-corrected chi connectivity index (χ2v) is 8.04. The van der Waals surface area contributed by atoms with Crippen LogP contribution in [0.25, 0.3) is 0 Å². The molecule has 7 heteroatoms. The summed E-state index contributed by atoms with van der Waals surface area (Å²) in [7, 11) is 0. The van der Waals surface area contributed by atoms with Crippen LogP contribution in [-0.2, 0) is 9.59 Å². The number of ketones is 1. The fourth-order valence-electron chi connectivity index (χ4n) is 3.90. The van der Waals surface area contributed by atoms with Crippen LogP contribution < -0.4 is 15.0 Å². The number of fused-ring (bicyclic) bond motifs is 1. The summed E-state index contributed by atoms with van der Waals surface area (Å²) in [5.41, 5.74) is -0.336. The molecule has 0 atom stereocenters. The van der Waals surface area contributed by atoms with E-state index in [2.05, 4.69) is 5.32 Å². The molecule has 1 fully saturated rings. The van der Waals surface area contributed by atoms with E-state index in [1.54, 1.807) is 44.2 Å². The number of ether oxygens (including phenoxy) is 1. The zero-order valence-electron chi connectivity index (χ0n) is 16.6. The van der Waals surface area contributed by atoms with Gasteiger partial charge in [0.25, 0.3) is 5.91 Å². The van der Waals surface area contributed by atoms with Gasteiger partial charge in [-0.1, -0.05) is 12.8 Å². The lowest BCUT2D eigenvalue weighted by molar-refractivity contribution is -0.134. The zero-order chi connectivity index (χ0) is 20.6. The van der Waals surface area contributed by atoms with Gasteiger partial charge < -0.3 is 14.5 Å². The molecule has 7 nitrogen and oxygen atoms in total.